The first kappa shape index (κ1) is 13.5. The van der Waals surface area contributed by atoms with Crippen LogP contribution in [0.15, 0.2) is 28.7 Å². The van der Waals surface area contributed by atoms with Gasteiger partial charge in [0.05, 0.1) is 12.1 Å². The van der Waals surface area contributed by atoms with Crippen LogP contribution in [0.4, 0.5) is 0 Å². The third-order valence-electron chi connectivity index (χ3n) is 2.45. The maximum Gasteiger partial charge on any atom is 0.260 e. The fourth-order valence-electron chi connectivity index (χ4n) is 1.48. The molecule has 0 radical (unpaired) electrons. The molecule has 8 heteroatoms. The minimum absolute atomic E-state index is 0.0663. The Kier molecular flexibility index (Phi) is 4.06. The van der Waals surface area contributed by atoms with Gasteiger partial charge >= 0.3 is 0 Å². The molecular formula is C10H12ClN3O2S2. The van der Waals surface area contributed by atoms with Crippen LogP contribution < -0.4 is 0 Å². The number of alkyl halides is 1. The van der Waals surface area contributed by atoms with Gasteiger partial charge in [0.15, 0.2) is 5.03 Å². The summed E-state index contributed by atoms with van der Waals surface area (Å²) in [6, 6.07) is 3.78. The molecule has 0 aromatic carbocycles. The van der Waals surface area contributed by atoms with E-state index < -0.39 is 10.0 Å². The summed E-state index contributed by atoms with van der Waals surface area (Å²) in [5.74, 6) is 0.109. The number of sulfonamides is 1. The molecule has 1 N–H and O–H groups in total. The lowest BCUT2D eigenvalue weighted by Gasteiger charge is -2.15. The van der Waals surface area contributed by atoms with E-state index in [2.05, 4.69) is 10.2 Å². The zero-order chi connectivity index (χ0) is 13.2. The Bertz CT molecular complexity index is 607. The van der Waals surface area contributed by atoms with Crippen molar-refractivity contribution in [1.82, 2.24) is 14.5 Å². The van der Waals surface area contributed by atoms with Crippen molar-refractivity contribution in [2.75, 3.05) is 7.05 Å². The van der Waals surface area contributed by atoms with E-state index in [4.69, 9.17) is 11.6 Å². The number of hydrogen-bond acceptors (Lipinski definition) is 4. The molecule has 0 spiro atoms. The Balaban J connectivity index is 2.26. The predicted octanol–water partition coefficient (Wildman–Crippen LogP) is 2.03. The summed E-state index contributed by atoms with van der Waals surface area (Å²) in [4.78, 5) is 0.980. The monoisotopic (exact) mass is 305 g/mol. The first-order valence-electron chi connectivity index (χ1n) is 5.12. The molecule has 0 aliphatic carbocycles. The third kappa shape index (κ3) is 2.59. The highest BCUT2D eigenvalue weighted by Crippen LogP contribution is 2.20. The maximum atomic E-state index is 12.3. The van der Waals surface area contributed by atoms with E-state index in [1.54, 1.807) is 0 Å². The topological polar surface area (TPSA) is 66.1 Å². The summed E-state index contributed by atoms with van der Waals surface area (Å²) in [6.07, 6.45) is 1.43. The van der Waals surface area contributed by atoms with Gasteiger partial charge in [-0.25, -0.2) is 8.42 Å². The van der Waals surface area contributed by atoms with Gasteiger partial charge in [0.2, 0.25) is 0 Å². The second-order valence-electron chi connectivity index (χ2n) is 3.70. The van der Waals surface area contributed by atoms with Gasteiger partial charge < -0.3 is 0 Å². The van der Waals surface area contributed by atoms with E-state index >= 15 is 0 Å². The third-order valence-corrected chi connectivity index (χ3v) is 5.42. The van der Waals surface area contributed by atoms with Gasteiger partial charge in [0.25, 0.3) is 10.0 Å². The Labute approximate surface area is 114 Å². The second kappa shape index (κ2) is 5.40. The summed E-state index contributed by atoms with van der Waals surface area (Å²) in [5, 5.41) is 8.20. The number of thiophene rings is 1. The SMILES string of the molecule is CN(Cc1cccs1)S(=O)(=O)c1[nH]ncc1CCl. The molecule has 98 valence electrons. The van der Waals surface area contributed by atoms with Gasteiger partial charge in [-0.05, 0) is 11.4 Å². The molecule has 0 amide bonds. The average molecular weight is 306 g/mol. The first-order valence-corrected chi connectivity index (χ1v) is 7.98. The van der Waals surface area contributed by atoms with Gasteiger partial charge in [-0.2, -0.15) is 9.40 Å². The van der Waals surface area contributed by atoms with Crippen LogP contribution in [0.1, 0.15) is 10.4 Å². The van der Waals surface area contributed by atoms with Crippen molar-refractivity contribution >= 4 is 33.0 Å². The molecule has 0 saturated heterocycles. The van der Waals surface area contributed by atoms with Crippen molar-refractivity contribution in [3.05, 3.63) is 34.2 Å². The number of aromatic nitrogens is 2. The molecule has 18 heavy (non-hydrogen) atoms. The molecule has 0 bridgehead atoms. The van der Waals surface area contributed by atoms with Gasteiger partial charge in [0, 0.05) is 24.0 Å². The largest absolute Gasteiger partial charge is 0.266 e. The molecule has 2 aromatic heterocycles. The van der Waals surface area contributed by atoms with Crippen LogP contribution in [-0.4, -0.2) is 30.0 Å². The summed E-state index contributed by atoms with van der Waals surface area (Å²) in [7, 11) is -2.04. The molecule has 0 aliphatic rings. The Morgan fingerprint density at radius 3 is 2.94 bits per heavy atom. The van der Waals surface area contributed by atoms with Gasteiger partial charge in [-0.15, -0.1) is 22.9 Å². The lowest BCUT2D eigenvalue weighted by Crippen LogP contribution is -2.27. The normalized spacial score (nSPS) is 12.2. The number of rotatable bonds is 5. The van der Waals surface area contributed by atoms with Crippen LogP contribution in [-0.2, 0) is 22.4 Å². The Morgan fingerprint density at radius 1 is 1.56 bits per heavy atom. The number of H-pyrrole nitrogens is 1. The quantitative estimate of drug-likeness (QED) is 0.860. The van der Waals surface area contributed by atoms with Crippen molar-refractivity contribution in [2.24, 2.45) is 0 Å². The molecule has 2 rings (SSSR count). The van der Waals surface area contributed by atoms with Crippen LogP contribution >= 0.6 is 22.9 Å². The van der Waals surface area contributed by atoms with Crippen LogP contribution in [0.25, 0.3) is 0 Å². The average Bonchev–Trinajstić information content (AvgIpc) is 2.98. The molecule has 2 aromatic rings. The van der Waals surface area contributed by atoms with Crippen molar-refractivity contribution < 1.29 is 8.42 Å². The zero-order valence-corrected chi connectivity index (χ0v) is 12.0. The van der Waals surface area contributed by atoms with E-state index in [0.29, 0.717) is 12.1 Å². The Morgan fingerprint density at radius 2 is 2.33 bits per heavy atom. The van der Waals surface area contributed by atoms with Crippen molar-refractivity contribution in [1.29, 1.82) is 0 Å². The molecule has 0 unspecified atom stereocenters. The van der Waals surface area contributed by atoms with E-state index in [0.717, 1.165) is 4.88 Å². The van der Waals surface area contributed by atoms with Gasteiger partial charge in [-0.3, -0.25) is 5.10 Å². The molecule has 0 atom stereocenters. The van der Waals surface area contributed by atoms with E-state index in [1.165, 1.54) is 28.9 Å². The van der Waals surface area contributed by atoms with Crippen molar-refractivity contribution in [3.8, 4) is 0 Å². The standard InChI is InChI=1S/C10H12ClN3O2S2/c1-14(7-9-3-2-4-17-9)18(15,16)10-8(5-11)6-12-13-10/h2-4,6H,5,7H2,1H3,(H,12,13). The van der Waals surface area contributed by atoms with Gasteiger partial charge in [0.1, 0.15) is 0 Å². The molecule has 0 fully saturated rings. The minimum atomic E-state index is -3.58. The summed E-state index contributed by atoms with van der Waals surface area (Å²) in [6.45, 7) is 0.334. The van der Waals surface area contributed by atoms with E-state index in [1.807, 2.05) is 17.5 Å². The highest BCUT2D eigenvalue weighted by molar-refractivity contribution is 7.89. The van der Waals surface area contributed by atoms with E-state index in [-0.39, 0.29) is 10.9 Å². The molecule has 5 nitrogen and oxygen atoms in total. The number of aromatic amines is 1. The van der Waals surface area contributed by atoms with Gasteiger partial charge in [-0.1, -0.05) is 6.07 Å². The number of halogens is 1. The Hall–Kier alpha value is -0.890. The van der Waals surface area contributed by atoms with Crippen molar-refractivity contribution in [3.63, 3.8) is 0 Å². The molecular weight excluding hydrogens is 294 g/mol. The summed E-state index contributed by atoms with van der Waals surface area (Å²) in [5.41, 5.74) is 0.481. The van der Waals surface area contributed by atoms with Crippen molar-refractivity contribution in [2.45, 2.75) is 17.5 Å². The smallest absolute Gasteiger partial charge is 0.260 e. The number of hydrogen-bond donors (Lipinski definition) is 1. The maximum absolute atomic E-state index is 12.3. The van der Waals surface area contributed by atoms with Crippen LogP contribution in [0.5, 0.6) is 0 Å². The predicted molar refractivity (Wildman–Crippen MR) is 71.1 cm³/mol. The number of nitrogens with one attached hydrogen (secondary N) is 1. The van der Waals surface area contributed by atoms with Crippen LogP contribution in [0, 0.1) is 0 Å². The van der Waals surface area contributed by atoms with E-state index in [9.17, 15) is 8.42 Å². The highest BCUT2D eigenvalue weighted by Gasteiger charge is 2.25. The lowest BCUT2D eigenvalue weighted by molar-refractivity contribution is 0.466. The molecule has 2 heterocycles. The van der Waals surface area contributed by atoms with Crippen LogP contribution in [0.2, 0.25) is 0 Å². The lowest BCUT2D eigenvalue weighted by atomic mass is 10.4. The fraction of sp³-hybridized carbons (Fsp3) is 0.300. The molecule has 0 aliphatic heterocycles. The summed E-state index contributed by atoms with van der Waals surface area (Å²) < 4.78 is 25.9. The minimum Gasteiger partial charge on any atom is -0.266 e. The fourth-order valence-corrected chi connectivity index (χ4v) is 3.85. The molecule has 0 saturated carbocycles. The highest BCUT2D eigenvalue weighted by atomic mass is 35.5. The first-order chi connectivity index (χ1) is 8.55. The zero-order valence-electron chi connectivity index (χ0n) is 9.63. The number of nitrogens with zero attached hydrogens (tertiary/aromatic N) is 2. The second-order valence-corrected chi connectivity index (χ2v) is 6.98. The van der Waals surface area contributed by atoms with Crippen LogP contribution in [0.3, 0.4) is 0 Å². The summed E-state index contributed by atoms with van der Waals surface area (Å²) >= 11 is 7.20.